The van der Waals surface area contributed by atoms with Crippen molar-refractivity contribution in [2.45, 2.75) is 59.8 Å². The molecule has 4 aliphatic rings. The second-order valence-corrected chi connectivity index (χ2v) is 9.59. The van der Waals surface area contributed by atoms with Gasteiger partial charge in [0.1, 0.15) is 5.78 Å². The maximum absolute atomic E-state index is 12.7. The zero-order valence-corrected chi connectivity index (χ0v) is 14.6. The molecule has 0 aromatic rings. The Labute approximate surface area is 137 Å². The average Bonchev–Trinajstić information content (AvgIpc) is 2.75. The summed E-state index contributed by atoms with van der Waals surface area (Å²) >= 11 is 0. The molecule has 0 N–H and O–H groups in total. The fourth-order valence-corrected chi connectivity index (χ4v) is 6.80. The number of allylic oxidation sites excluding steroid dienone is 2. The minimum Gasteiger partial charge on any atom is -0.299 e. The summed E-state index contributed by atoms with van der Waals surface area (Å²) < 4.78 is 0. The maximum Gasteiger partial charge on any atom is 0.204 e. The molecular formula is C20H26O3. The van der Waals surface area contributed by atoms with E-state index in [1.54, 1.807) is 0 Å². The van der Waals surface area contributed by atoms with E-state index in [1.807, 2.05) is 13.8 Å². The molecule has 3 nitrogen and oxygen atoms in total. The number of fused-ring (bicyclic) bond motifs is 3. The van der Waals surface area contributed by atoms with Crippen LogP contribution in [-0.4, -0.2) is 17.3 Å². The number of carbonyl (C=O) groups excluding carboxylic acids is 3. The van der Waals surface area contributed by atoms with E-state index in [2.05, 4.69) is 26.0 Å². The van der Waals surface area contributed by atoms with E-state index in [0.717, 1.165) is 19.3 Å². The summed E-state index contributed by atoms with van der Waals surface area (Å²) in [4.78, 5) is 37.6. The Hall–Kier alpha value is -1.25. The molecule has 124 valence electrons. The molecule has 4 rings (SSSR count). The van der Waals surface area contributed by atoms with E-state index in [9.17, 15) is 14.4 Å². The largest absolute Gasteiger partial charge is 0.299 e. The maximum atomic E-state index is 12.7. The lowest BCUT2D eigenvalue weighted by molar-refractivity contribution is -0.173. The van der Waals surface area contributed by atoms with Crippen molar-refractivity contribution in [2.24, 2.45) is 33.5 Å². The van der Waals surface area contributed by atoms with Crippen molar-refractivity contribution in [3.8, 4) is 0 Å². The molecule has 0 radical (unpaired) electrons. The van der Waals surface area contributed by atoms with Crippen LogP contribution in [0, 0.1) is 33.5 Å². The Morgan fingerprint density at radius 2 is 1.70 bits per heavy atom. The topological polar surface area (TPSA) is 51.2 Å². The van der Waals surface area contributed by atoms with Crippen LogP contribution < -0.4 is 0 Å². The summed E-state index contributed by atoms with van der Waals surface area (Å²) in [5.74, 6) is 0.278. The monoisotopic (exact) mass is 314 g/mol. The molecule has 23 heavy (non-hydrogen) atoms. The standard InChI is InChI=1S/C20H26O3/c1-17(2)13-5-6-20-8-7-18(3,11-20)15(22)9-14(20)19(13,4)10-12(21)16(17)23/h7-8,13-14H,5-6,9-11H2,1-4H3. The van der Waals surface area contributed by atoms with Crippen molar-refractivity contribution in [3.05, 3.63) is 12.2 Å². The lowest BCUT2D eigenvalue weighted by atomic mass is 9.40. The molecule has 0 saturated heterocycles. The number of ketones is 3. The first-order valence-electron chi connectivity index (χ1n) is 8.87. The van der Waals surface area contributed by atoms with Crippen molar-refractivity contribution in [3.63, 3.8) is 0 Å². The Balaban J connectivity index is 1.83. The van der Waals surface area contributed by atoms with Crippen molar-refractivity contribution < 1.29 is 14.4 Å². The number of hydrogen-bond donors (Lipinski definition) is 0. The Bertz CT molecular complexity index is 672. The van der Waals surface area contributed by atoms with Gasteiger partial charge in [-0.1, -0.05) is 32.9 Å². The summed E-state index contributed by atoms with van der Waals surface area (Å²) in [5.41, 5.74) is -1.08. The second kappa shape index (κ2) is 4.04. The zero-order valence-electron chi connectivity index (χ0n) is 14.6. The predicted octanol–water partition coefficient (Wildman–Crippen LogP) is 3.51. The van der Waals surface area contributed by atoms with Gasteiger partial charge >= 0.3 is 0 Å². The van der Waals surface area contributed by atoms with Crippen molar-refractivity contribution in [2.75, 3.05) is 0 Å². The third kappa shape index (κ3) is 1.64. The van der Waals surface area contributed by atoms with Crippen molar-refractivity contribution in [1.29, 1.82) is 0 Å². The highest BCUT2D eigenvalue weighted by atomic mass is 16.2. The molecule has 2 bridgehead atoms. The number of carbonyl (C=O) groups is 3. The van der Waals surface area contributed by atoms with Gasteiger partial charge in [-0.15, -0.1) is 0 Å². The quantitative estimate of drug-likeness (QED) is 0.508. The third-order valence-electron chi connectivity index (χ3n) is 7.94. The van der Waals surface area contributed by atoms with E-state index >= 15 is 0 Å². The first kappa shape index (κ1) is 15.3. The van der Waals surface area contributed by atoms with E-state index in [1.165, 1.54) is 0 Å². The molecule has 1 spiro atoms. The minimum absolute atomic E-state index is 0.0602. The smallest absolute Gasteiger partial charge is 0.204 e. The lowest BCUT2D eigenvalue weighted by Gasteiger charge is -2.62. The first-order valence-corrected chi connectivity index (χ1v) is 8.87. The molecule has 5 atom stereocenters. The van der Waals surface area contributed by atoms with Crippen LogP contribution in [0.5, 0.6) is 0 Å². The minimum atomic E-state index is -0.599. The van der Waals surface area contributed by atoms with Crippen LogP contribution in [0.3, 0.4) is 0 Å². The van der Waals surface area contributed by atoms with Gasteiger partial charge < -0.3 is 0 Å². The van der Waals surface area contributed by atoms with E-state index in [4.69, 9.17) is 0 Å². The fourth-order valence-electron chi connectivity index (χ4n) is 6.80. The highest BCUT2D eigenvalue weighted by Gasteiger charge is 2.67. The summed E-state index contributed by atoms with van der Waals surface area (Å²) in [5, 5.41) is 0. The normalized spacial score (nSPS) is 50.7. The molecule has 3 heteroatoms. The van der Waals surface area contributed by atoms with E-state index in [0.29, 0.717) is 18.6 Å². The van der Waals surface area contributed by atoms with Gasteiger partial charge in [0.2, 0.25) is 5.78 Å². The third-order valence-corrected chi connectivity index (χ3v) is 7.94. The van der Waals surface area contributed by atoms with Crippen molar-refractivity contribution in [1.82, 2.24) is 0 Å². The SMILES string of the molecule is CC12C=CC3(CCC4C(C)(C)C(=O)C(=O)CC4(C)C3CC1=O)C2. The highest BCUT2D eigenvalue weighted by molar-refractivity contribution is 6.39. The molecule has 0 amide bonds. The Morgan fingerprint density at radius 1 is 1.00 bits per heavy atom. The fraction of sp³-hybridized carbons (Fsp3) is 0.750. The van der Waals surface area contributed by atoms with Crippen LogP contribution in [0.1, 0.15) is 59.8 Å². The van der Waals surface area contributed by atoms with E-state index in [-0.39, 0.29) is 39.6 Å². The zero-order chi connectivity index (χ0) is 16.8. The van der Waals surface area contributed by atoms with Gasteiger partial charge in [0.25, 0.3) is 0 Å². The van der Waals surface area contributed by atoms with Crippen LogP contribution in [0.4, 0.5) is 0 Å². The summed E-state index contributed by atoms with van der Waals surface area (Å²) in [6.45, 7) is 8.11. The lowest BCUT2D eigenvalue weighted by Crippen LogP contribution is -2.62. The molecule has 0 aromatic heterocycles. The van der Waals surface area contributed by atoms with Crippen LogP contribution in [0.2, 0.25) is 0 Å². The van der Waals surface area contributed by atoms with Gasteiger partial charge in [-0.25, -0.2) is 0 Å². The van der Waals surface area contributed by atoms with Crippen LogP contribution in [0.25, 0.3) is 0 Å². The summed E-state index contributed by atoms with van der Waals surface area (Å²) in [6, 6.07) is 0. The second-order valence-electron chi connectivity index (χ2n) is 9.59. The van der Waals surface area contributed by atoms with Gasteiger partial charge in [-0.3, -0.25) is 14.4 Å². The van der Waals surface area contributed by atoms with E-state index < -0.39 is 5.41 Å². The summed E-state index contributed by atoms with van der Waals surface area (Å²) in [6.07, 6.45) is 8.22. The van der Waals surface area contributed by atoms with Crippen LogP contribution in [0.15, 0.2) is 12.2 Å². The van der Waals surface area contributed by atoms with Crippen LogP contribution >= 0.6 is 0 Å². The molecule has 0 heterocycles. The molecule has 3 fully saturated rings. The first-order chi connectivity index (χ1) is 10.6. The Morgan fingerprint density at radius 3 is 2.39 bits per heavy atom. The summed E-state index contributed by atoms with van der Waals surface area (Å²) in [7, 11) is 0. The average molecular weight is 314 g/mol. The number of Topliss-reactive ketones (excluding diaryl/α,β-unsaturated/α-hetero) is 3. The van der Waals surface area contributed by atoms with Gasteiger partial charge in [-0.2, -0.15) is 0 Å². The number of hydrogen-bond acceptors (Lipinski definition) is 3. The van der Waals surface area contributed by atoms with Crippen molar-refractivity contribution >= 4 is 17.3 Å². The highest BCUT2D eigenvalue weighted by Crippen LogP contribution is 2.70. The molecule has 4 aliphatic carbocycles. The molecular weight excluding hydrogens is 288 g/mol. The number of rotatable bonds is 0. The van der Waals surface area contributed by atoms with Gasteiger partial charge in [0.05, 0.1) is 0 Å². The molecule has 5 unspecified atom stereocenters. The van der Waals surface area contributed by atoms with Gasteiger partial charge in [0.15, 0.2) is 5.78 Å². The Kier molecular flexibility index (Phi) is 2.69. The van der Waals surface area contributed by atoms with Crippen LogP contribution in [-0.2, 0) is 14.4 Å². The van der Waals surface area contributed by atoms with Gasteiger partial charge in [0, 0.05) is 23.7 Å². The molecule has 3 saturated carbocycles. The van der Waals surface area contributed by atoms with Gasteiger partial charge in [-0.05, 0) is 48.9 Å². The molecule has 0 aromatic carbocycles. The molecule has 0 aliphatic heterocycles. The predicted molar refractivity (Wildman–Crippen MR) is 86.7 cm³/mol.